The van der Waals surface area contributed by atoms with Crippen LogP contribution in [0.4, 0.5) is 0 Å². The Morgan fingerprint density at radius 3 is 1.80 bits per heavy atom. The molecule has 0 amide bonds. The highest BCUT2D eigenvalue weighted by Gasteiger charge is 2.01. The molecule has 0 saturated heterocycles. The maximum atomic E-state index is 7.57. The van der Waals surface area contributed by atoms with Crippen molar-refractivity contribution in [2.24, 2.45) is 5.90 Å². The van der Waals surface area contributed by atoms with E-state index in [2.05, 4.69) is 10.7 Å². The predicted molar refractivity (Wildman–Crippen MR) is 15.5 cm³/mol. The van der Waals surface area contributed by atoms with Crippen LogP contribution in [0.1, 0.15) is 0 Å². The van der Waals surface area contributed by atoms with E-state index >= 15 is 0 Å². The van der Waals surface area contributed by atoms with Crippen molar-refractivity contribution in [1.29, 1.82) is 0 Å². The van der Waals surface area contributed by atoms with Gasteiger partial charge < -0.3 is 14.8 Å². The molecule has 0 aliphatic carbocycles. The van der Waals surface area contributed by atoms with Gasteiger partial charge in [-0.3, -0.25) is 0 Å². The molecule has 5 heteroatoms. The quantitative estimate of drug-likeness (QED) is 0.246. The summed E-state index contributed by atoms with van der Waals surface area (Å²) in [6.45, 7) is 0. The Kier molecular flexibility index (Phi) is 2.12. The first-order chi connectivity index (χ1) is 2.27. The van der Waals surface area contributed by atoms with Crippen LogP contribution < -0.4 is 5.90 Å². The van der Waals surface area contributed by atoms with Crippen molar-refractivity contribution in [3.8, 4) is 0 Å². The third-order valence-electron chi connectivity index (χ3n) is 0.122. The molecule has 0 heterocycles. The molecule has 0 aliphatic heterocycles. The zero-order valence-corrected chi connectivity index (χ0v) is 2.46. The topological polar surface area (TPSA) is 75.7 Å². The fourth-order valence-corrected chi connectivity index (χ4v) is 0. The highest BCUT2D eigenvalue weighted by atomic mass is 16.7. The molecule has 0 fully saturated rings. The lowest BCUT2D eigenvalue weighted by molar-refractivity contribution is 0.190. The van der Waals surface area contributed by atoms with Gasteiger partial charge in [-0.25, -0.2) is 5.90 Å². The fraction of sp³-hybridized carbons (Fsp3) is 0. The molecule has 0 saturated carbocycles. The van der Waals surface area contributed by atoms with Crippen LogP contribution in [0.2, 0.25) is 0 Å². The monoisotopic (exact) mass is 77.0 g/mol. The normalized spacial score (nSPS) is 7.80. The Labute approximate surface area is 29.3 Å². The van der Waals surface area contributed by atoms with Crippen molar-refractivity contribution in [3.63, 3.8) is 0 Å². The van der Waals surface area contributed by atoms with Gasteiger partial charge in [-0.15, -0.1) is 0 Å². The first-order valence-corrected chi connectivity index (χ1v) is 0.988. The van der Waals surface area contributed by atoms with Crippen molar-refractivity contribution in [2.75, 3.05) is 0 Å². The molecule has 0 unspecified atom stereocenters. The van der Waals surface area contributed by atoms with Gasteiger partial charge >= 0.3 is 7.32 Å². The minimum Gasteiger partial charge on any atom is -0.401 e. The van der Waals surface area contributed by atoms with E-state index < -0.39 is 7.32 Å². The van der Waals surface area contributed by atoms with Crippen LogP contribution in [0.5, 0.6) is 0 Å². The van der Waals surface area contributed by atoms with Crippen molar-refractivity contribution in [3.05, 3.63) is 0 Å². The molecular weight excluding hydrogens is 72.8 g/mol. The van der Waals surface area contributed by atoms with Gasteiger partial charge in [0.25, 0.3) is 0 Å². The molecule has 4 N–H and O–H groups in total. The van der Waals surface area contributed by atoms with Crippen molar-refractivity contribution < 1.29 is 14.8 Å². The molecule has 0 aromatic carbocycles. The van der Waals surface area contributed by atoms with Gasteiger partial charge in [0.1, 0.15) is 0 Å². The highest BCUT2D eigenvalue weighted by molar-refractivity contribution is 6.32. The van der Waals surface area contributed by atoms with E-state index in [1.54, 1.807) is 0 Å². The van der Waals surface area contributed by atoms with Gasteiger partial charge in [-0.1, -0.05) is 0 Å². The second-order valence-corrected chi connectivity index (χ2v) is 0.462. The first-order valence-electron chi connectivity index (χ1n) is 0.988. The average molecular weight is 76.8 g/mol. The van der Waals surface area contributed by atoms with Crippen molar-refractivity contribution in [2.45, 2.75) is 0 Å². The number of rotatable bonds is 1. The molecule has 4 nitrogen and oxygen atoms in total. The van der Waals surface area contributed by atoms with E-state index in [0.717, 1.165) is 0 Å². The molecule has 0 radical (unpaired) electrons. The summed E-state index contributed by atoms with van der Waals surface area (Å²) >= 11 is 0. The van der Waals surface area contributed by atoms with Gasteiger partial charge in [0.2, 0.25) is 0 Å². The van der Waals surface area contributed by atoms with Crippen LogP contribution >= 0.6 is 0 Å². The Balaban J connectivity index is 2.54. The Morgan fingerprint density at radius 2 is 1.80 bits per heavy atom. The third-order valence-corrected chi connectivity index (χ3v) is 0.122. The van der Waals surface area contributed by atoms with Crippen LogP contribution in [-0.2, 0) is 4.76 Å². The Hall–Kier alpha value is -0.0951. The lowest BCUT2D eigenvalue weighted by atomic mass is 10.3. The molecular formula is H4BNO3. The summed E-state index contributed by atoms with van der Waals surface area (Å²) in [6, 6.07) is 0. The molecule has 5 heavy (non-hydrogen) atoms. The van der Waals surface area contributed by atoms with Gasteiger partial charge in [0.05, 0.1) is 0 Å². The summed E-state index contributed by atoms with van der Waals surface area (Å²) in [5.41, 5.74) is 0. The van der Waals surface area contributed by atoms with Crippen molar-refractivity contribution in [1.82, 2.24) is 0 Å². The molecule has 0 atom stereocenters. The summed E-state index contributed by atoms with van der Waals surface area (Å²) in [4.78, 5) is 0. The van der Waals surface area contributed by atoms with Crippen molar-refractivity contribution >= 4 is 7.32 Å². The van der Waals surface area contributed by atoms with E-state index in [4.69, 9.17) is 10.0 Å². The largest absolute Gasteiger partial charge is 0.651 e. The van der Waals surface area contributed by atoms with Gasteiger partial charge in [-0.2, -0.15) is 0 Å². The summed E-state index contributed by atoms with van der Waals surface area (Å²) in [5.74, 6) is 4.17. The average Bonchev–Trinajstić information content (AvgIpc) is 1.38. The molecule has 0 aliphatic rings. The first kappa shape index (κ1) is 4.90. The van der Waals surface area contributed by atoms with E-state index in [1.165, 1.54) is 0 Å². The maximum Gasteiger partial charge on any atom is 0.651 e. The zero-order chi connectivity index (χ0) is 4.28. The van der Waals surface area contributed by atoms with E-state index in [-0.39, 0.29) is 0 Å². The van der Waals surface area contributed by atoms with Crippen LogP contribution in [-0.4, -0.2) is 17.4 Å². The summed E-state index contributed by atoms with van der Waals surface area (Å²) in [5, 5.41) is 15.1. The second kappa shape index (κ2) is 2.16. The molecule has 0 spiro atoms. The Morgan fingerprint density at radius 1 is 1.60 bits per heavy atom. The maximum absolute atomic E-state index is 7.57. The molecule has 0 bridgehead atoms. The molecule has 0 aromatic rings. The molecule has 0 aromatic heterocycles. The lowest BCUT2D eigenvalue weighted by Crippen LogP contribution is -2.20. The minimum absolute atomic E-state index is 1.84. The van der Waals surface area contributed by atoms with Crippen LogP contribution in [0.25, 0.3) is 0 Å². The SMILES string of the molecule is NOB(O)O. The van der Waals surface area contributed by atoms with Gasteiger partial charge in [0, 0.05) is 0 Å². The van der Waals surface area contributed by atoms with Crippen LogP contribution in [0.3, 0.4) is 0 Å². The molecule has 0 rings (SSSR count). The number of nitrogens with two attached hydrogens (primary N) is 1. The van der Waals surface area contributed by atoms with E-state index in [9.17, 15) is 0 Å². The summed E-state index contributed by atoms with van der Waals surface area (Å²) in [7, 11) is -1.84. The molecule has 30 valence electrons. The van der Waals surface area contributed by atoms with Gasteiger partial charge in [-0.05, 0) is 0 Å². The predicted octanol–water partition coefficient (Wildman–Crippen LogP) is -2.15. The third kappa shape index (κ3) is 3.90. The Bertz CT molecular complexity index is 20.9. The highest BCUT2D eigenvalue weighted by Crippen LogP contribution is 1.54. The summed E-state index contributed by atoms with van der Waals surface area (Å²) < 4.78 is 3.36. The van der Waals surface area contributed by atoms with Crippen LogP contribution in [0.15, 0.2) is 0 Å². The van der Waals surface area contributed by atoms with Gasteiger partial charge in [0.15, 0.2) is 0 Å². The fourth-order valence-electron chi connectivity index (χ4n) is 0. The van der Waals surface area contributed by atoms with Crippen LogP contribution in [0, 0.1) is 0 Å². The van der Waals surface area contributed by atoms with E-state index in [1.807, 2.05) is 0 Å². The van der Waals surface area contributed by atoms with E-state index in [0.29, 0.717) is 0 Å². The standard InChI is InChI=1S/BH4NO3/c2-5-1(3)4/h3-4H,2H2. The number of hydrogen-bond donors (Lipinski definition) is 3. The lowest BCUT2D eigenvalue weighted by Gasteiger charge is -1.84. The summed E-state index contributed by atoms with van der Waals surface area (Å²) in [6.07, 6.45) is 0. The zero-order valence-electron chi connectivity index (χ0n) is 2.46. The minimum atomic E-state index is -1.84. The smallest absolute Gasteiger partial charge is 0.401 e. The second-order valence-electron chi connectivity index (χ2n) is 0.462. The number of hydrogen-bond acceptors (Lipinski definition) is 4.